The summed E-state index contributed by atoms with van der Waals surface area (Å²) in [5.74, 6) is 0.162. The van der Waals surface area contributed by atoms with Gasteiger partial charge in [-0.15, -0.1) is 0 Å². The van der Waals surface area contributed by atoms with Crippen LogP contribution in [0.15, 0.2) is 58.3 Å². The number of rotatable bonds is 7. The van der Waals surface area contributed by atoms with Gasteiger partial charge in [0.1, 0.15) is 0 Å². The first kappa shape index (κ1) is 27.9. The Morgan fingerprint density at radius 2 is 1.89 bits per heavy atom. The zero-order valence-electron chi connectivity index (χ0n) is 21.4. The smallest absolute Gasteiger partial charge is 0.234 e. The number of carbonyl (C=O) groups excluding carboxylic acids is 2. The Hall–Kier alpha value is -3.12. The number of benzene rings is 2. The maximum atomic E-state index is 13.4. The molecule has 0 aromatic heterocycles. The topological polar surface area (TPSA) is 100 Å². The summed E-state index contributed by atoms with van der Waals surface area (Å²) in [6.07, 6.45) is 1.01. The van der Waals surface area contributed by atoms with Crippen molar-refractivity contribution >= 4 is 52.3 Å². The molecular formula is C28H27Cl2N3O4S. The van der Waals surface area contributed by atoms with Crippen molar-refractivity contribution in [3.63, 3.8) is 0 Å². The van der Waals surface area contributed by atoms with Crippen LogP contribution in [0.25, 0.3) is 0 Å². The van der Waals surface area contributed by atoms with E-state index in [1.54, 1.807) is 37.4 Å². The van der Waals surface area contributed by atoms with E-state index in [1.165, 1.54) is 18.9 Å². The van der Waals surface area contributed by atoms with Gasteiger partial charge < -0.3 is 20.1 Å². The van der Waals surface area contributed by atoms with Gasteiger partial charge in [0.15, 0.2) is 17.3 Å². The molecule has 2 aromatic rings. The fourth-order valence-electron chi connectivity index (χ4n) is 4.77. The standard InChI is InChI=1S/C28H27Cl2N3O4S/c1-28(2)11-20-26(21(34)12-28)25(15-5-8-22(36-3)23(9-15)37-4)17(13-31)27(33-20)38-14-24(35)32-19-7-6-16(29)10-18(19)30/h5-10,25,33H,11-12,14H2,1-4H3,(H,32,35). The van der Waals surface area contributed by atoms with Gasteiger partial charge in [0, 0.05) is 22.7 Å². The van der Waals surface area contributed by atoms with Gasteiger partial charge in [-0.3, -0.25) is 9.59 Å². The van der Waals surface area contributed by atoms with E-state index in [0.29, 0.717) is 56.2 Å². The van der Waals surface area contributed by atoms with Crippen LogP contribution in [0.3, 0.4) is 0 Å². The first-order valence-corrected chi connectivity index (χ1v) is 13.6. The summed E-state index contributed by atoms with van der Waals surface area (Å²) < 4.78 is 10.9. The summed E-state index contributed by atoms with van der Waals surface area (Å²) in [4.78, 5) is 26.2. The lowest BCUT2D eigenvalue weighted by atomic mass is 9.69. The number of methoxy groups -OCH3 is 2. The van der Waals surface area contributed by atoms with Crippen molar-refractivity contribution in [2.75, 3.05) is 25.3 Å². The molecule has 0 spiro atoms. The van der Waals surface area contributed by atoms with Crippen LogP contribution in [-0.4, -0.2) is 31.7 Å². The molecule has 2 N–H and O–H groups in total. The number of hydrogen-bond acceptors (Lipinski definition) is 7. The van der Waals surface area contributed by atoms with Crippen molar-refractivity contribution in [2.45, 2.75) is 32.6 Å². The molecule has 0 bridgehead atoms. The van der Waals surface area contributed by atoms with Crippen LogP contribution in [0.5, 0.6) is 11.5 Å². The Morgan fingerprint density at radius 1 is 1.16 bits per heavy atom. The quantitative estimate of drug-likeness (QED) is 0.394. The number of nitrogens with zero attached hydrogens (tertiary/aromatic N) is 1. The molecular weight excluding hydrogens is 545 g/mol. The van der Waals surface area contributed by atoms with Crippen LogP contribution in [-0.2, 0) is 9.59 Å². The third kappa shape index (κ3) is 5.80. The molecule has 0 saturated carbocycles. The Morgan fingerprint density at radius 3 is 2.55 bits per heavy atom. The second-order valence-electron chi connectivity index (χ2n) is 9.82. The van der Waals surface area contributed by atoms with E-state index in [1.807, 2.05) is 19.9 Å². The maximum Gasteiger partial charge on any atom is 0.234 e. The molecule has 38 heavy (non-hydrogen) atoms. The van der Waals surface area contributed by atoms with Gasteiger partial charge in [-0.1, -0.05) is 54.9 Å². The highest BCUT2D eigenvalue weighted by molar-refractivity contribution is 8.03. The molecule has 0 saturated heterocycles. The average molecular weight is 573 g/mol. The third-order valence-electron chi connectivity index (χ3n) is 6.42. The largest absolute Gasteiger partial charge is 0.493 e. The number of hydrogen-bond donors (Lipinski definition) is 2. The summed E-state index contributed by atoms with van der Waals surface area (Å²) in [6, 6.07) is 12.5. The zero-order chi connectivity index (χ0) is 27.6. The molecule has 1 unspecified atom stereocenters. The van der Waals surface area contributed by atoms with Gasteiger partial charge in [0.25, 0.3) is 0 Å². The Balaban J connectivity index is 1.69. The number of amides is 1. The van der Waals surface area contributed by atoms with Crippen molar-refractivity contribution in [3.05, 3.63) is 73.9 Å². The van der Waals surface area contributed by atoms with Gasteiger partial charge in [0.2, 0.25) is 5.91 Å². The Labute approximate surface area is 236 Å². The predicted octanol–water partition coefficient (Wildman–Crippen LogP) is 6.45. The maximum absolute atomic E-state index is 13.4. The molecule has 10 heteroatoms. The number of nitrogens with one attached hydrogen (secondary N) is 2. The number of ether oxygens (including phenoxy) is 2. The normalized spacial score (nSPS) is 18.3. The third-order valence-corrected chi connectivity index (χ3v) is 7.99. The van der Waals surface area contributed by atoms with Crippen molar-refractivity contribution in [1.29, 1.82) is 5.26 Å². The van der Waals surface area contributed by atoms with E-state index in [0.717, 1.165) is 11.3 Å². The highest BCUT2D eigenvalue weighted by Crippen LogP contribution is 2.48. The van der Waals surface area contributed by atoms with Crippen LogP contribution < -0.4 is 20.1 Å². The second-order valence-corrected chi connectivity index (χ2v) is 11.7. The number of ketones is 1. The van der Waals surface area contributed by atoms with Crippen molar-refractivity contribution in [2.24, 2.45) is 5.41 Å². The van der Waals surface area contributed by atoms with E-state index in [9.17, 15) is 14.9 Å². The average Bonchev–Trinajstić information content (AvgIpc) is 2.87. The molecule has 2 aliphatic rings. The minimum atomic E-state index is -0.601. The number of carbonyl (C=O) groups is 2. The molecule has 4 rings (SSSR count). The van der Waals surface area contributed by atoms with Crippen LogP contribution in [0.2, 0.25) is 10.0 Å². The van der Waals surface area contributed by atoms with E-state index in [4.69, 9.17) is 32.7 Å². The first-order chi connectivity index (χ1) is 18.1. The molecule has 1 atom stereocenters. The van der Waals surface area contributed by atoms with Crippen LogP contribution in [0, 0.1) is 16.7 Å². The number of Topliss-reactive ketones (excluding diaryl/α,β-unsaturated/α-hetero) is 1. The number of dihydropyridines is 1. The SMILES string of the molecule is COc1ccc(C2C(C#N)=C(SCC(=O)Nc3ccc(Cl)cc3Cl)NC3=C2C(=O)CC(C)(C)C3)cc1OC. The van der Waals surface area contributed by atoms with Gasteiger partial charge in [0.05, 0.1) is 53.3 Å². The summed E-state index contributed by atoms with van der Waals surface area (Å²) >= 11 is 13.3. The van der Waals surface area contributed by atoms with E-state index < -0.39 is 5.92 Å². The highest BCUT2D eigenvalue weighted by atomic mass is 35.5. The molecule has 1 heterocycles. The minimum absolute atomic E-state index is 0.00421. The van der Waals surface area contributed by atoms with Crippen LogP contribution in [0.1, 0.15) is 38.2 Å². The summed E-state index contributed by atoms with van der Waals surface area (Å²) in [5.41, 5.74) is 2.65. The number of allylic oxidation sites excluding steroid dienone is 3. The molecule has 0 radical (unpaired) electrons. The minimum Gasteiger partial charge on any atom is -0.493 e. The van der Waals surface area contributed by atoms with Crippen molar-refractivity contribution in [3.8, 4) is 17.6 Å². The molecule has 7 nitrogen and oxygen atoms in total. The molecule has 2 aromatic carbocycles. The number of halogens is 2. The number of nitriles is 1. The first-order valence-electron chi connectivity index (χ1n) is 11.8. The zero-order valence-corrected chi connectivity index (χ0v) is 23.7. The summed E-state index contributed by atoms with van der Waals surface area (Å²) in [7, 11) is 3.09. The van der Waals surface area contributed by atoms with Gasteiger partial charge >= 0.3 is 0 Å². The second kappa shape index (κ2) is 11.3. The Bertz CT molecular complexity index is 1410. The number of anilines is 1. The number of thioether (sulfide) groups is 1. The Kier molecular flexibility index (Phi) is 8.31. The van der Waals surface area contributed by atoms with Gasteiger partial charge in [-0.25, -0.2) is 0 Å². The summed E-state index contributed by atoms with van der Waals surface area (Å²) in [5, 5.41) is 17.7. The monoisotopic (exact) mass is 571 g/mol. The predicted molar refractivity (Wildman–Crippen MR) is 151 cm³/mol. The molecule has 1 aliphatic carbocycles. The van der Waals surface area contributed by atoms with Gasteiger partial charge in [-0.2, -0.15) is 5.26 Å². The van der Waals surface area contributed by atoms with E-state index in [2.05, 4.69) is 16.7 Å². The fraction of sp³-hybridized carbons (Fsp3) is 0.321. The van der Waals surface area contributed by atoms with Crippen LogP contribution >= 0.6 is 35.0 Å². The fourth-order valence-corrected chi connectivity index (χ4v) is 6.09. The molecule has 0 fully saturated rings. The lowest BCUT2D eigenvalue weighted by Gasteiger charge is -2.39. The molecule has 1 aliphatic heterocycles. The van der Waals surface area contributed by atoms with Crippen molar-refractivity contribution < 1.29 is 19.1 Å². The lowest BCUT2D eigenvalue weighted by molar-refractivity contribution is -0.118. The van der Waals surface area contributed by atoms with Crippen LogP contribution in [0.4, 0.5) is 5.69 Å². The lowest BCUT2D eigenvalue weighted by Crippen LogP contribution is -2.37. The molecule has 1 amide bonds. The van der Waals surface area contributed by atoms with E-state index in [-0.39, 0.29) is 22.9 Å². The van der Waals surface area contributed by atoms with Crippen molar-refractivity contribution in [1.82, 2.24) is 5.32 Å². The molecule has 198 valence electrons. The van der Waals surface area contributed by atoms with E-state index >= 15 is 0 Å². The van der Waals surface area contributed by atoms with Gasteiger partial charge in [-0.05, 0) is 47.7 Å². The highest BCUT2D eigenvalue weighted by Gasteiger charge is 2.42. The summed E-state index contributed by atoms with van der Waals surface area (Å²) in [6.45, 7) is 4.09.